The number of rotatable bonds is 4. The van der Waals surface area contributed by atoms with Crippen LogP contribution in [0.4, 0.5) is 5.13 Å². The van der Waals surface area contributed by atoms with E-state index in [2.05, 4.69) is 21.7 Å². The molecule has 1 aliphatic heterocycles. The maximum atomic E-state index is 11.9. The van der Waals surface area contributed by atoms with Gasteiger partial charge in [-0.25, -0.2) is 4.98 Å². The second-order valence-corrected chi connectivity index (χ2v) is 6.24. The van der Waals surface area contributed by atoms with Gasteiger partial charge in [0.15, 0.2) is 11.7 Å². The van der Waals surface area contributed by atoms with Crippen molar-refractivity contribution in [1.29, 1.82) is 0 Å². The van der Waals surface area contributed by atoms with Crippen LogP contribution in [0.3, 0.4) is 0 Å². The molecule has 6 heteroatoms. The monoisotopic (exact) mass is 303 g/mol. The molecule has 0 aliphatic carbocycles. The SMILES string of the molecule is Cc1cc(C)cc(OCC(=O)Nc2nc3c(s2)CNC3)c1. The van der Waals surface area contributed by atoms with Gasteiger partial charge in [0.2, 0.25) is 0 Å². The van der Waals surface area contributed by atoms with E-state index in [1.54, 1.807) is 0 Å². The van der Waals surface area contributed by atoms with Crippen molar-refractivity contribution in [2.45, 2.75) is 26.9 Å². The zero-order chi connectivity index (χ0) is 14.8. The molecule has 0 saturated heterocycles. The maximum Gasteiger partial charge on any atom is 0.264 e. The van der Waals surface area contributed by atoms with Crippen LogP contribution < -0.4 is 15.4 Å². The number of anilines is 1. The molecule has 2 N–H and O–H groups in total. The predicted molar refractivity (Wildman–Crippen MR) is 82.7 cm³/mol. The third-order valence-corrected chi connectivity index (χ3v) is 4.18. The molecule has 0 unspecified atom stereocenters. The van der Waals surface area contributed by atoms with E-state index in [9.17, 15) is 4.79 Å². The predicted octanol–water partition coefficient (Wildman–Crippen LogP) is 2.38. The van der Waals surface area contributed by atoms with Crippen LogP contribution in [-0.4, -0.2) is 17.5 Å². The number of fused-ring (bicyclic) bond motifs is 1. The maximum absolute atomic E-state index is 11.9. The van der Waals surface area contributed by atoms with Gasteiger partial charge in [-0.1, -0.05) is 6.07 Å². The number of hydrogen-bond donors (Lipinski definition) is 2. The fraction of sp³-hybridized carbons (Fsp3) is 0.333. The Balaban J connectivity index is 1.56. The highest BCUT2D eigenvalue weighted by atomic mass is 32.1. The summed E-state index contributed by atoms with van der Waals surface area (Å²) in [7, 11) is 0. The third kappa shape index (κ3) is 3.40. The van der Waals surface area contributed by atoms with Crippen LogP contribution in [0.1, 0.15) is 21.7 Å². The molecule has 0 spiro atoms. The molecule has 2 aromatic rings. The van der Waals surface area contributed by atoms with Gasteiger partial charge in [0, 0.05) is 18.0 Å². The number of carbonyl (C=O) groups is 1. The average molecular weight is 303 g/mol. The van der Waals surface area contributed by atoms with E-state index in [0.29, 0.717) is 10.9 Å². The lowest BCUT2D eigenvalue weighted by Crippen LogP contribution is -2.20. The minimum absolute atomic E-state index is 0.00854. The molecule has 110 valence electrons. The first-order valence-corrected chi connectivity index (χ1v) is 7.62. The second-order valence-electron chi connectivity index (χ2n) is 5.15. The molecule has 0 radical (unpaired) electrons. The molecular formula is C15H17N3O2S. The van der Waals surface area contributed by atoms with Crippen molar-refractivity contribution in [3.63, 3.8) is 0 Å². The van der Waals surface area contributed by atoms with Crippen molar-refractivity contribution in [1.82, 2.24) is 10.3 Å². The summed E-state index contributed by atoms with van der Waals surface area (Å²) >= 11 is 1.52. The first kappa shape index (κ1) is 14.0. The Kier molecular flexibility index (Phi) is 3.90. The number of thiazole rings is 1. The quantitative estimate of drug-likeness (QED) is 0.910. The molecule has 0 fully saturated rings. The lowest BCUT2D eigenvalue weighted by atomic mass is 10.1. The number of benzene rings is 1. The Morgan fingerprint density at radius 2 is 2.10 bits per heavy atom. The summed E-state index contributed by atoms with van der Waals surface area (Å²) < 4.78 is 5.53. The van der Waals surface area contributed by atoms with Crippen LogP contribution in [0.15, 0.2) is 18.2 Å². The number of nitrogens with zero attached hydrogens (tertiary/aromatic N) is 1. The van der Waals surface area contributed by atoms with Gasteiger partial charge in [-0.05, 0) is 37.1 Å². The Labute approximate surface area is 127 Å². The topological polar surface area (TPSA) is 63.2 Å². The lowest BCUT2D eigenvalue weighted by molar-refractivity contribution is -0.118. The molecule has 21 heavy (non-hydrogen) atoms. The third-order valence-electron chi connectivity index (χ3n) is 3.17. The first-order valence-electron chi connectivity index (χ1n) is 6.80. The number of ether oxygens (including phenoxy) is 1. The van der Waals surface area contributed by atoms with Crippen LogP contribution in [-0.2, 0) is 17.9 Å². The van der Waals surface area contributed by atoms with E-state index < -0.39 is 0 Å². The molecular weight excluding hydrogens is 286 g/mol. The van der Waals surface area contributed by atoms with Gasteiger partial charge in [0.1, 0.15) is 5.75 Å². The van der Waals surface area contributed by atoms with Crippen LogP contribution in [0.5, 0.6) is 5.75 Å². The summed E-state index contributed by atoms with van der Waals surface area (Å²) in [5.74, 6) is 0.531. The molecule has 0 saturated carbocycles. The Morgan fingerprint density at radius 3 is 2.81 bits per heavy atom. The van der Waals surface area contributed by atoms with Crippen LogP contribution in [0.25, 0.3) is 0 Å². The van der Waals surface area contributed by atoms with E-state index in [-0.39, 0.29) is 12.5 Å². The van der Waals surface area contributed by atoms with E-state index >= 15 is 0 Å². The summed E-state index contributed by atoms with van der Waals surface area (Å²) in [5, 5.41) is 6.65. The number of aryl methyl sites for hydroxylation is 2. The highest BCUT2D eigenvalue weighted by Crippen LogP contribution is 2.26. The summed E-state index contributed by atoms with van der Waals surface area (Å²) in [5.41, 5.74) is 3.27. The number of hydrogen-bond acceptors (Lipinski definition) is 5. The standard InChI is InChI=1S/C15H17N3O2S/c1-9-3-10(2)5-11(4-9)20-8-14(19)18-15-17-12-6-16-7-13(12)21-15/h3-5,16H,6-8H2,1-2H3,(H,17,18,19). The van der Waals surface area contributed by atoms with Gasteiger partial charge in [0.25, 0.3) is 5.91 Å². The van der Waals surface area contributed by atoms with E-state index in [4.69, 9.17) is 4.74 Å². The lowest BCUT2D eigenvalue weighted by Gasteiger charge is -2.07. The van der Waals surface area contributed by atoms with Crippen LogP contribution in [0.2, 0.25) is 0 Å². The van der Waals surface area contributed by atoms with Gasteiger partial charge in [0.05, 0.1) is 5.69 Å². The summed E-state index contributed by atoms with van der Waals surface area (Å²) in [6, 6.07) is 5.91. The fourth-order valence-electron chi connectivity index (χ4n) is 2.33. The van der Waals surface area contributed by atoms with Crippen molar-refractivity contribution in [2.24, 2.45) is 0 Å². The van der Waals surface area contributed by atoms with E-state index in [1.807, 2.05) is 26.0 Å². The van der Waals surface area contributed by atoms with Crippen LogP contribution in [0, 0.1) is 13.8 Å². The zero-order valence-electron chi connectivity index (χ0n) is 12.0. The second kappa shape index (κ2) is 5.83. The van der Waals surface area contributed by atoms with Gasteiger partial charge < -0.3 is 10.1 Å². The molecule has 2 heterocycles. The number of aromatic nitrogens is 1. The number of carbonyl (C=O) groups excluding carboxylic acids is 1. The fourth-order valence-corrected chi connectivity index (χ4v) is 3.29. The minimum atomic E-state index is -0.186. The summed E-state index contributed by atoms with van der Waals surface area (Å²) in [6.07, 6.45) is 0. The van der Waals surface area contributed by atoms with Crippen molar-refractivity contribution < 1.29 is 9.53 Å². The smallest absolute Gasteiger partial charge is 0.264 e. The average Bonchev–Trinajstić information content (AvgIpc) is 2.96. The van der Waals surface area contributed by atoms with Crippen molar-refractivity contribution in [3.8, 4) is 5.75 Å². The number of amides is 1. The van der Waals surface area contributed by atoms with Gasteiger partial charge in [-0.3, -0.25) is 10.1 Å². The normalized spacial score (nSPS) is 13.0. The van der Waals surface area contributed by atoms with Crippen molar-refractivity contribution in [3.05, 3.63) is 39.9 Å². The van der Waals surface area contributed by atoms with Gasteiger partial charge >= 0.3 is 0 Å². The molecule has 1 aromatic heterocycles. The van der Waals surface area contributed by atoms with Crippen LogP contribution >= 0.6 is 11.3 Å². The summed E-state index contributed by atoms with van der Waals surface area (Å²) in [6.45, 7) is 5.62. The van der Waals surface area contributed by atoms with Crippen molar-refractivity contribution >= 4 is 22.4 Å². The molecule has 1 aromatic carbocycles. The number of nitrogens with one attached hydrogen (secondary N) is 2. The largest absolute Gasteiger partial charge is 0.484 e. The molecule has 5 nitrogen and oxygen atoms in total. The van der Waals surface area contributed by atoms with Gasteiger partial charge in [-0.2, -0.15) is 0 Å². The molecule has 1 amide bonds. The van der Waals surface area contributed by atoms with E-state index in [0.717, 1.165) is 29.9 Å². The molecule has 3 rings (SSSR count). The van der Waals surface area contributed by atoms with Gasteiger partial charge in [-0.15, -0.1) is 11.3 Å². The first-order chi connectivity index (χ1) is 10.1. The minimum Gasteiger partial charge on any atom is -0.484 e. The zero-order valence-corrected chi connectivity index (χ0v) is 12.8. The Hall–Kier alpha value is -1.92. The highest BCUT2D eigenvalue weighted by Gasteiger charge is 2.17. The van der Waals surface area contributed by atoms with Crippen molar-refractivity contribution in [2.75, 3.05) is 11.9 Å². The molecule has 0 bridgehead atoms. The highest BCUT2D eigenvalue weighted by molar-refractivity contribution is 7.15. The van der Waals surface area contributed by atoms with E-state index in [1.165, 1.54) is 16.2 Å². The summed E-state index contributed by atoms with van der Waals surface area (Å²) in [4.78, 5) is 17.5. The molecule has 1 aliphatic rings. The molecule has 0 atom stereocenters. The Morgan fingerprint density at radius 1 is 1.33 bits per heavy atom. The Bertz CT molecular complexity index is 640.